The van der Waals surface area contributed by atoms with Crippen LogP contribution < -0.4 is 25.3 Å². The van der Waals surface area contributed by atoms with Crippen molar-refractivity contribution in [1.82, 2.24) is 9.55 Å². The van der Waals surface area contributed by atoms with Crippen LogP contribution in [0.3, 0.4) is 0 Å². The fourth-order valence-electron chi connectivity index (χ4n) is 4.06. The Bertz CT molecular complexity index is 1180. The van der Waals surface area contributed by atoms with Gasteiger partial charge in [0.25, 0.3) is 0 Å². The minimum Gasteiger partial charge on any atom is -0.489 e. The van der Waals surface area contributed by atoms with Gasteiger partial charge in [-0.3, -0.25) is 9.88 Å². The second-order valence-corrected chi connectivity index (χ2v) is 7.52. The fourth-order valence-corrected chi connectivity index (χ4v) is 4.06. The monoisotopic (exact) mass is 429 g/mol. The number of aliphatic imine (C=N–C) groups is 1. The van der Waals surface area contributed by atoms with E-state index in [0.717, 1.165) is 17.5 Å². The first kappa shape index (κ1) is 19.4. The Morgan fingerprint density at radius 3 is 2.48 bits per heavy atom. The predicted octanol–water partition coefficient (Wildman–Crippen LogP) is 3.70. The first-order valence-corrected chi connectivity index (χ1v) is 9.88. The summed E-state index contributed by atoms with van der Waals surface area (Å²) in [6.45, 7) is 1.70. The number of guanidine groups is 1. The normalized spacial score (nSPS) is 17.7. The Hall–Kier alpha value is -3.56. The highest BCUT2D eigenvalue weighted by Gasteiger charge is 2.28. The number of alkyl halides is 2. The maximum Gasteiger partial charge on any atom is 0.387 e. The third-order valence-corrected chi connectivity index (χ3v) is 5.29. The van der Waals surface area contributed by atoms with Crippen LogP contribution >= 0.6 is 0 Å². The number of nitrogens with zero attached hydrogens (tertiary/aromatic N) is 3. The van der Waals surface area contributed by atoms with E-state index in [9.17, 15) is 8.78 Å². The first-order chi connectivity index (χ1) is 14.9. The molecule has 0 bridgehead atoms. The van der Waals surface area contributed by atoms with Gasteiger partial charge in [0.15, 0.2) is 23.6 Å². The molecule has 3 heterocycles. The lowest BCUT2D eigenvalue weighted by Crippen LogP contribution is -2.31. The number of fused-ring (bicyclic) bond motifs is 4. The summed E-state index contributed by atoms with van der Waals surface area (Å²) < 4.78 is 43.8. The molecule has 2 aromatic carbocycles. The summed E-state index contributed by atoms with van der Waals surface area (Å²) in [7, 11) is 0. The number of ether oxygens (including phenoxy) is 3. The molecular formula is C21H21F2N5O3. The average molecular weight is 429 g/mol. The van der Waals surface area contributed by atoms with E-state index >= 15 is 0 Å². The van der Waals surface area contributed by atoms with Crippen LogP contribution in [0.2, 0.25) is 0 Å². The molecule has 1 aromatic heterocycles. The predicted molar refractivity (Wildman–Crippen MR) is 111 cm³/mol. The molecule has 1 atom stereocenters. The van der Waals surface area contributed by atoms with Crippen molar-refractivity contribution < 1.29 is 23.0 Å². The van der Waals surface area contributed by atoms with Crippen LogP contribution in [0.4, 0.5) is 14.7 Å². The largest absolute Gasteiger partial charge is 0.489 e. The van der Waals surface area contributed by atoms with Crippen LogP contribution in [0.25, 0.3) is 11.0 Å². The highest BCUT2D eigenvalue weighted by atomic mass is 19.3. The zero-order valence-electron chi connectivity index (χ0n) is 17.0. The van der Waals surface area contributed by atoms with Crippen molar-refractivity contribution in [1.29, 1.82) is 0 Å². The SMILES string of the molecule is Cc1cc([C@H]2N=C(N)Nc3nc4cc5c(cc4n32)OCCCO5)cc(C)c1OC(F)F. The number of anilines is 1. The summed E-state index contributed by atoms with van der Waals surface area (Å²) >= 11 is 0. The third-order valence-electron chi connectivity index (χ3n) is 5.29. The molecule has 3 N–H and O–H groups in total. The van der Waals surface area contributed by atoms with Crippen LogP contribution in [0, 0.1) is 13.8 Å². The van der Waals surface area contributed by atoms with E-state index < -0.39 is 12.8 Å². The lowest BCUT2D eigenvalue weighted by molar-refractivity contribution is -0.0507. The molecule has 8 nitrogen and oxygen atoms in total. The number of benzene rings is 2. The van der Waals surface area contributed by atoms with Crippen LogP contribution in [0.1, 0.15) is 29.3 Å². The Balaban J connectivity index is 1.65. The van der Waals surface area contributed by atoms with Gasteiger partial charge in [0.2, 0.25) is 5.95 Å². The summed E-state index contributed by atoms with van der Waals surface area (Å²) in [6.07, 6.45) is 0.262. The Morgan fingerprint density at radius 2 is 1.81 bits per heavy atom. The molecule has 0 amide bonds. The topological polar surface area (TPSA) is 95.9 Å². The van der Waals surface area contributed by atoms with Crippen LogP contribution in [0.15, 0.2) is 29.3 Å². The molecule has 31 heavy (non-hydrogen) atoms. The number of halogens is 2. The number of aromatic nitrogens is 2. The van der Waals surface area contributed by atoms with E-state index in [1.807, 2.05) is 16.7 Å². The lowest BCUT2D eigenvalue weighted by atomic mass is 10.0. The minimum absolute atomic E-state index is 0.163. The van der Waals surface area contributed by atoms with Gasteiger partial charge in [-0.25, -0.2) is 9.98 Å². The quantitative estimate of drug-likeness (QED) is 0.659. The Labute approximate surface area is 176 Å². The van der Waals surface area contributed by atoms with Crippen molar-refractivity contribution >= 4 is 22.9 Å². The minimum atomic E-state index is -2.89. The van der Waals surface area contributed by atoms with Crippen molar-refractivity contribution in [2.24, 2.45) is 10.7 Å². The molecular weight excluding hydrogens is 408 g/mol. The molecule has 162 valence electrons. The van der Waals surface area contributed by atoms with Gasteiger partial charge in [-0.2, -0.15) is 8.78 Å². The van der Waals surface area contributed by atoms with Gasteiger partial charge >= 0.3 is 6.61 Å². The molecule has 0 saturated carbocycles. The van der Waals surface area contributed by atoms with Gasteiger partial charge in [0.1, 0.15) is 5.75 Å². The summed E-state index contributed by atoms with van der Waals surface area (Å²) in [5, 5.41) is 2.99. The molecule has 2 aliphatic rings. The highest BCUT2D eigenvalue weighted by molar-refractivity contribution is 5.95. The molecule has 10 heteroatoms. The highest BCUT2D eigenvalue weighted by Crippen LogP contribution is 2.40. The summed E-state index contributed by atoms with van der Waals surface area (Å²) in [5.74, 6) is 2.19. The van der Waals surface area contributed by atoms with Gasteiger partial charge in [0, 0.05) is 18.6 Å². The first-order valence-electron chi connectivity index (χ1n) is 9.88. The second kappa shape index (κ2) is 7.29. The third kappa shape index (κ3) is 3.37. The van der Waals surface area contributed by atoms with Gasteiger partial charge in [-0.1, -0.05) is 0 Å². The number of imidazole rings is 1. The number of nitrogens with one attached hydrogen (secondary N) is 1. The van der Waals surface area contributed by atoms with Crippen molar-refractivity contribution in [3.8, 4) is 17.2 Å². The van der Waals surface area contributed by atoms with E-state index in [2.05, 4.69) is 20.0 Å². The number of hydrogen-bond donors (Lipinski definition) is 2. The summed E-state index contributed by atoms with van der Waals surface area (Å²) in [4.78, 5) is 9.22. The van der Waals surface area contributed by atoms with Crippen molar-refractivity contribution in [2.75, 3.05) is 18.5 Å². The number of hydrogen-bond acceptors (Lipinski definition) is 7. The van der Waals surface area contributed by atoms with Gasteiger partial charge in [0.05, 0.1) is 24.2 Å². The zero-order valence-corrected chi connectivity index (χ0v) is 17.0. The van der Waals surface area contributed by atoms with Crippen molar-refractivity contribution in [2.45, 2.75) is 33.0 Å². The molecule has 0 unspecified atom stereocenters. The van der Waals surface area contributed by atoms with E-state index in [-0.39, 0.29) is 11.7 Å². The lowest BCUT2D eigenvalue weighted by Gasteiger charge is -2.25. The maximum atomic E-state index is 12.8. The van der Waals surface area contributed by atoms with E-state index in [1.54, 1.807) is 26.0 Å². The Kier molecular flexibility index (Phi) is 4.57. The molecule has 0 radical (unpaired) electrons. The van der Waals surface area contributed by atoms with Gasteiger partial charge in [-0.05, 0) is 42.7 Å². The number of aryl methyl sites for hydroxylation is 2. The molecule has 0 saturated heterocycles. The second-order valence-electron chi connectivity index (χ2n) is 7.52. The van der Waals surface area contributed by atoms with Crippen LogP contribution in [-0.4, -0.2) is 35.3 Å². The van der Waals surface area contributed by atoms with Gasteiger partial charge in [-0.15, -0.1) is 0 Å². The van der Waals surface area contributed by atoms with Crippen LogP contribution in [0.5, 0.6) is 17.2 Å². The maximum absolute atomic E-state index is 12.8. The van der Waals surface area contributed by atoms with Crippen molar-refractivity contribution in [3.05, 3.63) is 41.0 Å². The summed E-state index contributed by atoms with van der Waals surface area (Å²) in [5.41, 5.74) is 9.45. The molecule has 0 fully saturated rings. The van der Waals surface area contributed by atoms with Crippen LogP contribution in [-0.2, 0) is 0 Å². The summed E-state index contributed by atoms with van der Waals surface area (Å²) in [6, 6.07) is 7.27. The standard InChI is InChI=1S/C21H21F2N5O3/c1-10-6-12(7-11(2)17(10)31-19(22)23)18-26-20(24)27-21-25-13-8-15-16(9-14(13)28(18)21)30-5-3-4-29-15/h6-9,18-19H,3-5H2,1-2H3,(H3,24,25,26,27)/t18-/m0/s1. The number of nitrogens with two attached hydrogens (primary N) is 1. The number of rotatable bonds is 3. The van der Waals surface area contributed by atoms with E-state index in [0.29, 0.717) is 47.3 Å². The zero-order chi connectivity index (χ0) is 21.7. The smallest absolute Gasteiger partial charge is 0.387 e. The van der Waals surface area contributed by atoms with E-state index in [4.69, 9.17) is 15.2 Å². The fraction of sp³-hybridized carbons (Fsp3) is 0.333. The van der Waals surface area contributed by atoms with Gasteiger partial charge < -0.3 is 19.9 Å². The average Bonchev–Trinajstić information content (AvgIpc) is 2.89. The molecule has 3 aromatic rings. The molecule has 0 aliphatic carbocycles. The molecule has 5 rings (SSSR count). The van der Waals surface area contributed by atoms with Crippen molar-refractivity contribution in [3.63, 3.8) is 0 Å². The molecule has 2 aliphatic heterocycles. The van der Waals surface area contributed by atoms with E-state index in [1.165, 1.54) is 0 Å². The Morgan fingerprint density at radius 1 is 1.13 bits per heavy atom. The molecule has 0 spiro atoms.